The van der Waals surface area contributed by atoms with Crippen molar-refractivity contribution in [3.05, 3.63) is 44.9 Å². The lowest BCUT2D eigenvalue weighted by Crippen LogP contribution is -2.45. The first-order valence-corrected chi connectivity index (χ1v) is 7.86. The number of benzene rings is 1. The third-order valence-corrected chi connectivity index (χ3v) is 4.70. The zero-order chi connectivity index (χ0) is 14.7. The molecule has 1 aliphatic rings. The van der Waals surface area contributed by atoms with Crippen molar-refractivity contribution in [1.82, 2.24) is 10.2 Å². The molecule has 1 aliphatic heterocycles. The standard InChI is InChI=1S/C15H19Cl3N2/c1-10(2)9-13(20-7-5-19-6-8-20)14-11(16)3-4-12(17)15(14)18/h3-4,13,19H,1,5-9H2,2H3/t13-/m1/s1. The van der Waals surface area contributed by atoms with Gasteiger partial charge in [-0.2, -0.15) is 0 Å². The number of hydrogen-bond donors (Lipinski definition) is 1. The number of nitrogens with zero attached hydrogens (tertiary/aromatic N) is 1. The molecule has 0 aliphatic carbocycles. The molecule has 0 radical (unpaired) electrons. The highest BCUT2D eigenvalue weighted by molar-refractivity contribution is 6.44. The van der Waals surface area contributed by atoms with Gasteiger partial charge in [-0.15, -0.1) is 6.58 Å². The summed E-state index contributed by atoms with van der Waals surface area (Å²) in [7, 11) is 0. The Morgan fingerprint density at radius 1 is 1.25 bits per heavy atom. The van der Waals surface area contributed by atoms with Gasteiger partial charge in [0.2, 0.25) is 0 Å². The Morgan fingerprint density at radius 3 is 2.45 bits per heavy atom. The quantitative estimate of drug-likeness (QED) is 0.642. The number of rotatable bonds is 4. The summed E-state index contributed by atoms with van der Waals surface area (Å²) in [5.74, 6) is 0. The second-order valence-electron chi connectivity index (χ2n) is 5.22. The summed E-state index contributed by atoms with van der Waals surface area (Å²) >= 11 is 19.0. The van der Waals surface area contributed by atoms with Crippen LogP contribution in [0.3, 0.4) is 0 Å². The van der Waals surface area contributed by atoms with Gasteiger partial charge < -0.3 is 5.32 Å². The van der Waals surface area contributed by atoms with E-state index in [0.29, 0.717) is 15.1 Å². The molecular formula is C15H19Cl3N2. The molecule has 1 atom stereocenters. The van der Waals surface area contributed by atoms with Gasteiger partial charge in [0.1, 0.15) is 0 Å². The molecule has 5 heteroatoms. The van der Waals surface area contributed by atoms with E-state index < -0.39 is 0 Å². The number of halogens is 3. The molecule has 110 valence electrons. The van der Waals surface area contributed by atoms with Crippen molar-refractivity contribution in [3.8, 4) is 0 Å². The van der Waals surface area contributed by atoms with Crippen molar-refractivity contribution in [2.45, 2.75) is 19.4 Å². The van der Waals surface area contributed by atoms with Crippen LogP contribution in [0.5, 0.6) is 0 Å². The van der Waals surface area contributed by atoms with Crippen molar-refractivity contribution in [1.29, 1.82) is 0 Å². The molecule has 1 aromatic rings. The van der Waals surface area contributed by atoms with Crippen LogP contribution in [0.2, 0.25) is 15.1 Å². The second kappa shape index (κ2) is 7.15. The molecule has 0 spiro atoms. The highest BCUT2D eigenvalue weighted by Crippen LogP contribution is 2.40. The average Bonchev–Trinajstić information content (AvgIpc) is 2.43. The summed E-state index contributed by atoms with van der Waals surface area (Å²) in [6.45, 7) is 9.95. The summed E-state index contributed by atoms with van der Waals surface area (Å²) in [6.07, 6.45) is 0.833. The Labute approximate surface area is 135 Å². The summed E-state index contributed by atoms with van der Waals surface area (Å²) in [4.78, 5) is 2.40. The van der Waals surface area contributed by atoms with E-state index in [1.165, 1.54) is 0 Å². The van der Waals surface area contributed by atoms with Crippen LogP contribution in [0.25, 0.3) is 0 Å². The molecule has 0 unspecified atom stereocenters. The Hall–Kier alpha value is -0.250. The third kappa shape index (κ3) is 3.69. The molecule has 0 amide bonds. The lowest BCUT2D eigenvalue weighted by atomic mass is 9.97. The van der Waals surface area contributed by atoms with Gasteiger partial charge in [0, 0.05) is 42.8 Å². The smallest absolute Gasteiger partial charge is 0.0655 e. The van der Waals surface area contributed by atoms with Crippen molar-refractivity contribution in [2.75, 3.05) is 26.2 Å². The van der Waals surface area contributed by atoms with Gasteiger partial charge in [0.05, 0.1) is 10.0 Å². The summed E-state index contributed by atoms with van der Waals surface area (Å²) in [5, 5.41) is 5.14. The van der Waals surface area contributed by atoms with E-state index in [2.05, 4.69) is 16.8 Å². The van der Waals surface area contributed by atoms with E-state index in [1.54, 1.807) is 6.07 Å². The average molecular weight is 334 g/mol. The van der Waals surface area contributed by atoms with Crippen molar-refractivity contribution in [2.24, 2.45) is 0 Å². The van der Waals surface area contributed by atoms with Crippen molar-refractivity contribution < 1.29 is 0 Å². The maximum atomic E-state index is 6.41. The molecule has 0 saturated carbocycles. The maximum Gasteiger partial charge on any atom is 0.0655 e. The Bertz CT molecular complexity index is 496. The predicted molar refractivity (Wildman–Crippen MR) is 88.1 cm³/mol. The zero-order valence-corrected chi connectivity index (χ0v) is 13.8. The van der Waals surface area contributed by atoms with Gasteiger partial charge in [0.15, 0.2) is 0 Å². The SMILES string of the molecule is C=C(C)C[C@H](c1c(Cl)ccc(Cl)c1Cl)N1CCNCC1. The monoisotopic (exact) mass is 332 g/mol. The van der Waals surface area contributed by atoms with Gasteiger partial charge in [0.25, 0.3) is 0 Å². The van der Waals surface area contributed by atoms with Crippen LogP contribution in [-0.4, -0.2) is 31.1 Å². The normalized spacial score (nSPS) is 18.0. The van der Waals surface area contributed by atoms with Crippen LogP contribution in [0.4, 0.5) is 0 Å². The van der Waals surface area contributed by atoms with E-state index in [1.807, 2.05) is 13.0 Å². The number of piperazine rings is 1. The summed E-state index contributed by atoms with van der Waals surface area (Å²) in [5.41, 5.74) is 2.03. The predicted octanol–water partition coefficient (Wildman–Crippen LogP) is 4.56. The first kappa shape index (κ1) is 16.1. The van der Waals surface area contributed by atoms with Gasteiger partial charge >= 0.3 is 0 Å². The molecule has 1 saturated heterocycles. The van der Waals surface area contributed by atoms with E-state index >= 15 is 0 Å². The molecule has 0 bridgehead atoms. The highest BCUT2D eigenvalue weighted by Gasteiger charge is 2.27. The van der Waals surface area contributed by atoms with Crippen LogP contribution in [-0.2, 0) is 0 Å². The fraction of sp³-hybridized carbons (Fsp3) is 0.467. The van der Waals surface area contributed by atoms with E-state index in [0.717, 1.165) is 43.7 Å². The molecule has 20 heavy (non-hydrogen) atoms. The van der Waals surface area contributed by atoms with Crippen molar-refractivity contribution in [3.63, 3.8) is 0 Å². The first-order valence-electron chi connectivity index (χ1n) is 6.73. The summed E-state index contributed by atoms with van der Waals surface area (Å²) in [6, 6.07) is 3.69. The van der Waals surface area contributed by atoms with Gasteiger partial charge in [-0.25, -0.2) is 0 Å². The molecule has 1 aromatic carbocycles. The molecule has 1 N–H and O–H groups in total. The molecule has 1 heterocycles. The van der Waals surface area contributed by atoms with Crippen LogP contribution in [0, 0.1) is 0 Å². The van der Waals surface area contributed by atoms with E-state index in [4.69, 9.17) is 34.8 Å². The second-order valence-corrected chi connectivity index (χ2v) is 6.41. The largest absolute Gasteiger partial charge is 0.314 e. The summed E-state index contributed by atoms with van der Waals surface area (Å²) < 4.78 is 0. The van der Waals surface area contributed by atoms with Gasteiger partial charge in [-0.05, 0) is 25.5 Å². The Morgan fingerprint density at radius 2 is 1.85 bits per heavy atom. The van der Waals surface area contributed by atoms with Crippen LogP contribution in [0.1, 0.15) is 24.9 Å². The van der Waals surface area contributed by atoms with Gasteiger partial charge in [-0.1, -0.05) is 40.4 Å². The highest BCUT2D eigenvalue weighted by atomic mass is 35.5. The molecule has 2 rings (SSSR count). The molecule has 2 nitrogen and oxygen atoms in total. The first-order chi connectivity index (χ1) is 9.50. The number of hydrogen-bond acceptors (Lipinski definition) is 2. The van der Waals surface area contributed by atoms with Crippen LogP contribution >= 0.6 is 34.8 Å². The Balaban J connectivity index is 2.40. The third-order valence-electron chi connectivity index (χ3n) is 3.55. The number of nitrogens with one attached hydrogen (secondary N) is 1. The lowest BCUT2D eigenvalue weighted by Gasteiger charge is -2.36. The zero-order valence-electron chi connectivity index (χ0n) is 11.6. The minimum atomic E-state index is 0.133. The maximum absolute atomic E-state index is 6.41. The minimum Gasteiger partial charge on any atom is -0.314 e. The molecule has 1 fully saturated rings. The lowest BCUT2D eigenvalue weighted by molar-refractivity contribution is 0.172. The van der Waals surface area contributed by atoms with E-state index in [-0.39, 0.29) is 6.04 Å². The fourth-order valence-electron chi connectivity index (χ4n) is 2.59. The van der Waals surface area contributed by atoms with Crippen LogP contribution < -0.4 is 5.32 Å². The Kier molecular flexibility index (Phi) is 5.76. The topological polar surface area (TPSA) is 15.3 Å². The minimum absolute atomic E-state index is 0.133. The molecular weight excluding hydrogens is 315 g/mol. The van der Waals surface area contributed by atoms with E-state index in [9.17, 15) is 0 Å². The van der Waals surface area contributed by atoms with Gasteiger partial charge in [-0.3, -0.25) is 4.90 Å². The molecule has 0 aromatic heterocycles. The van der Waals surface area contributed by atoms with Crippen LogP contribution in [0.15, 0.2) is 24.3 Å². The fourth-order valence-corrected chi connectivity index (χ4v) is 3.37. The van der Waals surface area contributed by atoms with Crippen molar-refractivity contribution >= 4 is 34.8 Å².